The normalized spacial score (nSPS) is 16.3. The van der Waals surface area contributed by atoms with Gasteiger partial charge < -0.3 is 10.2 Å². The largest absolute Gasteiger partial charge is 0.369 e. The molecule has 19 heavy (non-hydrogen) atoms. The highest BCUT2D eigenvalue weighted by Gasteiger charge is 2.11. The minimum Gasteiger partial charge on any atom is -0.369 e. The lowest BCUT2D eigenvalue weighted by Crippen LogP contribution is -2.43. The van der Waals surface area contributed by atoms with Gasteiger partial charge in [0.25, 0.3) is 0 Å². The molecule has 1 saturated heterocycles. The fourth-order valence-electron chi connectivity index (χ4n) is 2.92. The molecule has 2 nitrogen and oxygen atoms in total. The lowest BCUT2D eigenvalue weighted by atomic mass is 9.96. The van der Waals surface area contributed by atoms with Crippen LogP contribution in [0.2, 0.25) is 0 Å². The van der Waals surface area contributed by atoms with Crippen LogP contribution in [0.4, 0.5) is 5.69 Å². The number of anilines is 1. The molecule has 2 aromatic carbocycles. The average molecular weight is 254 g/mol. The van der Waals surface area contributed by atoms with Gasteiger partial charge in [-0.15, -0.1) is 0 Å². The van der Waals surface area contributed by atoms with Crippen molar-refractivity contribution >= 4 is 16.5 Å². The molecule has 0 amide bonds. The molecule has 100 valence electrons. The van der Waals surface area contributed by atoms with Crippen LogP contribution >= 0.6 is 0 Å². The van der Waals surface area contributed by atoms with E-state index >= 15 is 0 Å². The molecule has 3 rings (SSSR count). The Balaban J connectivity index is 2.01. The lowest BCUT2D eigenvalue weighted by Gasteiger charge is -2.29. The van der Waals surface area contributed by atoms with Crippen LogP contribution in [0.15, 0.2) is 36.4 Å². The standard InChI is InChI=1S/C17H22N2/c1-13(2)16-5-3-4-14-12-15(6-7-17(14)16)19-10-8-18-9-11-19/h3-7,12-13,18H,8-11H2,1-2H3. The lowest BCUT2D eigenvalue weighted by molar-refractivity contribution is 0.589. The molecule has 1 heterocycles. The van der Waals surface area contributed by atoms with E-state index in [-0.39, 0.29) is 0 Å². The molecule has 1 fully saturated rings. The van der Waals surface area contributed by atoms with Crippen LogP contribution in [0.5, 0.6) is 0 Å². The molecule has 0 aromatic heterocycles. The van der Waals surface area contributed by atoms with Gasteiger partial charge in [-0.2, -0.15) is 0 Å². The number of hydrogen-bond acceptors (Lipinski definition) is 2. The summed E-state index contributed by atoms with van der Waals surface area (Å²) < 4.78 is 0. The fourth-order valence-corrected chi connectivity index (χ4v) is 2.92. The molecule has 0 aliphatic carbocycles. The maximum Gasteiger partial charge on any atom is 0.0373 e. The van der Waals surface area contributed by atoms with Crippen molar-refractivity contribution in [2.45, 2.75) is 19.8 Å². The number of piperazine rings is 1. The van der Waals surface area contributed by atoms with E-state index in [1.807, 2.05) is 0 Å². The average Bonchev–Trinajstić information content (AvgIpc) is 2.47. The predicted molar refractivity (Wildman–Crippen MR) is 83.1 cm³/mol. The van der Waals surface area contributed by atoms with Crippen molar-refractivity contribution in [2.75, 3.05) is 31.1 Å². The summed E-state index contributed by atoms with van der Waals surface area (Å²) in [7, 11) is 0. The smallest absolute Gasteiger partial charge is 0.0373 e. The fraction of sp³-hybridized carbons (Fsp3) is 0.412. The molecule has 0 unspecified atom stereocenters. The summed E-state index contributed by atoms with van der Waals surface area (Å²) in [5.41, 5.74) is 2.80. The third kappa shape index (κ3) is 2.45. The molecular weight excluding hydrogens is 232 g/mol. The monoisotopic (exact) mass is 254 g/mol. The van der Waals surface area contributed by atoms with Gasteiger partial charge in [0.15, 0.2) is 0 Å². The van der Waals surface area contributed by atoms with E-state index in [4.69, 9.17) is 0 Å². The predicted octanol–water partition coefficient (Wildman–Crippen LogP) is 3.37. The van der Waals surface area contributed by atoms with E-state index in [0.717, 1.165) is 26.2 Å². The van der Waals surface area contributed by atoms with Crippen LogP contribution in [0.1, 0.15) is 25.3 Å². The minimum absolute atomic E-state index is 0.578. The summed E-state index contributed by atoms with van der Waals surface area (Å²) in [4.78, 5) is 2.47. The first-order chi connectivity index (χ1) is 9.25. The molecule has 0 radical (unpaired) electrons. The SMILES string of the molecule is CC(C)c1cccc2cc(N3CCNCC3)ccc12. The number of benzene rings is 2. The highest BCUT2D eigenvalue weighted by molar-refractivity contribution is 5.89. The third-order valence-electron chi connectivity index (χ3n) is 4.00. The molecule has 0 bridgehead atoms. The molecule has 0 saturated carbocycles. The summed E-state index contributed by atoms with van der Waals surface area (Å²) >= 11 is 0. The highest BCUT2D eigenvalue weighted by Crippen LogP contribution is 2.28. The summed E-state index contributed by atoms with van der Waals surface area (Å²) in [5.74, 6) is 0.578. The van der Waals surface area contributed by atoms with Crippen molar-refractivity contribution in [2.24, 2.45) is 0 Å². The Bertz CT molecular complexity index is 568. The summed E-state index contributed by atoms with van der Waals surface area (Å²) in [5, 5.41) is 6.17. The topological polar surface area (TPSA) is 15.3 Å². The second-order valence-corrected chi connectivity index (χ2v) is 5.64. The van der Waals surface area contributed by atoms with E-state index < -0.39 is 0 Å². The van der Waals surface area contributed by atoms with Gasteiger partial charge >= 0.3 is 0 Å². The van der Waals surface area contributed by atoms with E-state index in [1.165, 1.54) is 22.0 Å². The minimum atomic E-state index is 0.578. The van der Waals surface area contributed by atoms with Gasteiger partial charge in [-0.3, -0.25) is 0 Å². The first-order valence-corrected chi connectivity index (χ1v) is 7.24. The van der Waals surface area contributed by atoms with Crippen LogP contribution in [-0.2, 0) is 0 Å². The Morgan fingerprint density at radius 1 is 1.05 bits per heavy atom. The van der Waals surface area contributed by atoms with Crippen LogP contribution in [0, 0.1) is 0 Å². The Labute approximate surface area is 115 Å². The molecule has 2 heteroatoms. The van der Waals surface area contributed by atoms with E-state index in [1.54, 1.807) is 0 Å². The van der Waals surface area contributed by atoms with Gasteiger partial charge in [0, 0.05) is 31.9 Å². The number of nitrogens with one attached hydrogen (secondary N) is 1. The summed E-state index contributed by atoms with van der Waals surface area (Å²) in [6.45, 7) is 8.91. The molecule has 1 aliphatic heterocycles. The number of rotatable bonds is 2. The first-order valence-electron chi connectivity index (χ1n) is 7.24. The maximum absolute atomic E-state index is 3.40. The van der Waals surface area contributed by atoms with Gasteiger partial charge in [-0.25, -0.2) is 0 Å². The van der Waals surface area contributed by atoms with Crippen molar-refractivity contribution in [3.63, 3.8) is 0 Å². The summed E-state index contributed by atoms with van der Waals surface area (Å²) in [6.07, 6.45) is 0. The Hall–Kier alpha value is -1.54. The molecule has 1 N–H and O–H groups in total. The third-order valence-corrected chi connectivity index (χ3v) is 4.00. The molecule has 0 spiro atoms. The summed E-state index contributed by atoms with van der Waals surface area (Å²) in [6, 6.07) is 13.6. The Morgan fingerprint density at radius 3 is 2.58 bits per heavy atom. The maximum atomic E-state index is 3.40. The molecule has 0 atom stereocenters. The van der Waals surface area contributed by atoms with E-state index in [2.05, 4.69) is 60.5 Å². The van der Waals surface area contributed by atoms with E-state index in [0.29, 0.717) is 5.92 Å². The van der Waals surface area contributed by atoms with Gasteiger partial charge in [-0.1, -0.05) is 38.1 Å². The van der Waals surface area contributed by atoms with Crippen LogP contribution in [0.25, 0.3) is 10.8 Å². The number of nitrogens with zero attached hydrogens (tertiary/aromatic N) is 1. The van der Waals surface area contributed by atoms with Gasteiger partial charge in [0.2, 0.25) is 0 Å². The van der Waals surface area contributed by atoms with Crippen LogP contribution in [0.3, 0.4) is 0 Å². The van der Waals surface area contributed by atoms with E-state index in [9.17, 15) is 0 Å². The van der Waals surface area contributed by atoms with Gasteiger partial charge in [0.1, 0.15) is 0 Å². The van der Waals surface area contributed by atoms with Crippen LogP contribution < -0.4 is 10.2 Å². The van der Waals surface area contributed by atoms with Gasteiger partial charge in [-0.05, 0) is 34.4 Å². The molecular formula is C17H22N2. The Morgan fingerprint density at radius 2 is 1.84 bits per heavy atom. The molecule has 2 aromatic rings. The number of hydrogen-bond donors (Lipinski definition) is 1. The van der Waals surface area contributed by atoms with Crippen molar-refractivity contribution in [3.05, 3.63) is 42.0 Å². The quantitative estimate of drug-likeness (QED) is 0.884. The van der Waals surface area contributed by atoms with Crippen molar-refractivity contribution < 1.29 is 0 Å². The van der Waals surface area contributed by atoms with Crippen molar-refractivity contribution in [3.8, 4) is 0 Å². The highest BCUT2D eigenvalue weighted by atomic mass is 15.2. The Kier molecular flexibility index (Phi) is 3.43. The zero-order chi connectivity index (χ0) is 13.2. The second kappa shape index (κ2) is 5.22. The zero-order valence-corrected chi connectivity index (χ0v) is 11.8. The van der Waals surface area contributed by atoms with Crippen molar-refractivity contribution in [1.82, 2.24) is 5.32 Å². The number of fused-ring (bicyclic) bond motifs is 1. The van der Waals surface area contributed by atoms with Crippen molar-refractivity contribution in [1.29, 1.82) is 0 Å². The first kappa shape index (κ1) is 12.5. The second-order valence-electron chi connectivity index (χ2n) is 5.64. The van der Waals surface area contributed by atoms with Gasteiger partial charge in [0.05, 0.1) is 0 Å². The zero-order valence-electron chi connectivity index (χ0n) is 11.8. The molecule has 1 aliphatic rings. The van der Waals surface area contributed by atoms with Crippen LogP contribution in [-0.4, -0.2) is 26.2 Å².